The number of carbonyl (C=O) groups is 1. The highest BCUT2D eigenvalue weighted by molar-refractivity contribution is 5.69. The zero-order valence-electron chi connectivity index (χ0n) is 11.6. The van der Waals surface area contributed by atoms with Gasteiger partial charge in [0.1, 0.15) is 0 Å². The molecular formula is C12H27N5O2. The second kappa shape index (κ2) is 9.22. The first-order chi connectivity index (χ1) is 9.15. The Hall–Kier alpha value is -0.730. The third kappa shape index (κ3) is 6.84. The largest absolute Gasteiger partial charge is 0.480 e. The molecule has 5 N–H and O–H groups in total. The molecule has 1 rings (SSSR count). The van der Waals surface area contributed by atoms with Gasteiger partial charge in [-0.15, -0.1) is 0 Å². The number of nitrogens with two attached hydrogens (primary N) is 2. The lowest BCUT2D eigenvalue weighted by Crippen LogP contribution is -2.40. The number of carboxylic acids is 1. The minimum Gasteiger partial charge on any atom is -0.480 e. The van der Waals surface area contributed by atoms with Crippen LogP contribution < -0.4 is 11.5 Å². The fraction of sp³-hybridized carbons (Fsp3) is 0.917. The monoisotopic (exact) mass is 273 g/mol. The van der Waals surface area contributed by atoms with Crippen LogP contribution >= 0.6 is 0 Å². The van der Waals surface area contributed by atoms with Crippen LogP contribution in [-0.4, -0.2) is 97.8 Å². The van der Waals surface area contributed by atoms with Crippen LogP contribution in [0.15, 0.2) is 0 Å². The van der Waals surface area contributed by atoms with Crippen molar-refractivity contribution in [3.63, 3.8) is 0 Å². The molecule has 1 aliphatic heterocycles. The zero-order chi connectivity index (χ0) is 14.1. The van der Waals surface area contributed by atoms with Crippen LogP contribution in [-0.2, 0) is 4.79 Å². The van der Waals surface area contributed by atoms with E-state index in [1.54, 1.807) is 0 Å². The van der Waals surface area contributed by atoms with Crippen molar-refractivity contribution < 1.29 is 9.90 Å². The number of hydrogen-bond donors (Lipinski definition) is 3. The number of rotatable bonds is 6. The van der Waals surface area contributed by atoms with Crippen molar-refractivity contribution >= 4 is 5.97 Å². The Labute approximate surface area is 115 Å². The first kappa shape index (κ1) is 16.3. The molecule has 0 aromatic heterocycles. The maximum Gasteiger partial charge on any atom is 0.317 e. The van der Waals surface area contributed by atoms with E-state index in [9.17, 15) is 4.79 Å². The van der Waals surface area contributed by atoms with Crippen LogP contribution in [0.25, 0.3) is 0 Å². The molecular weight excluding hydrogens is 246 g/mol. The predicted molar refractivity (Wildman–Crippen MR) is 75.1 cm³/mol. The van der Waals surface area contributed by atoms with Gasteiger partial charge in [-0.25, -0.2) is 0 Å². The first-order valence-corrected chi connectivity index (χ1v) is 6.94. The molecule has 0 atom stereocenters. The molecule has 0 amide bonds. The van der Waals surface area contributed by atoms with Crippen LogP contribution in [0.3, 0.4) is 0 Å². The molecule has 0 radical (unpaired) electrons. The molecule has 1 saturated heterocycles. The molecule has 1 fully saturated rings. The molecule has 0 bridgehead atoms. The van der Waals surface area contributed by atoms with E-state index in [1.807, 2.05) is 4.90 Å². The van der Waals surface area contributed by atoms with Gasteiger partial charge in [-0.2, -0.15) is 0 Å². The smallest absolute Gasteiger partial charge is 0.317 e. The minimum absolute atomic E-state index is 0.104. The third-order valence-corrected chi connectivity index (χ3v) is 3.45. The predicted octanol–water partition coefficient (Wildman–Crippen LogP) is -2.09. The van der Waals surface area contributed by atoms with Crippen molar-refractivity contribution in [2.75, 3.05) is 72.0 Å². The van der Waals surface area contributed by atoms with Crippen LogP contribution in [0.4, 0.5) is 0 Å². The highest BCUT2D eigenvalue weighted by Gasteiger charge is 2.17. The zero-order valence-corrected chi connectivity index (χ0v) is 11.6. The number of carboxylic acid groups (broad SMARTS) is 1. The molecule has 1 aliphatic rings. The van der Waals surface area contributed by atoms with Crippen molar-refractivity contribution in [2.24, 2.45) is 11.5 Å². The summed E-state index contributed by atoms with van der Waals surface area (Å²) in [5, 5.41) is 8.93. The van der Waals surface area contributed by atoms with E-state index in [4.69, 9.17) is 16.6 Å². The van der Waals surface area contributed by atoms with Gasteiger partial charge in [0.05, 0.1) is 6.54 Å². The van der Waals surface area contributed by atoms with Gasteiger partial charge in [0.15, 0.2) is 0 Å². The molecule has 1 heterocycles. The minimum atomic E-state index is -0.769. The Morgan fingerprint density at radius 2 is 1.21 bits per heavy atom. The Bertz CT molecular complexity index is 247. The Morgan fingerprint density at radius 3 is 1.53 bits per heavy atom. The fourth-order valence-electron chi connectivity index (χ4n) is 2.35. The average molecular weight is 273 g/mol. The summed E-state index contributed by atoms with van der Waals surface area (Å²) in [5.41, 5.74) is 11.2. The summed E-state index contributed by atoms with van der Waals surface area (Å²) < 4.78 is 0. The third-order valence-electron chi connectivity index (χ3n) is 3.45. The molecule has 0 spiro atoms. The highest BCUT2D eigenvalue weighted by Crippen LogP contribution is 2.00. The number of aliphatic carboxylic acids is 1. The number of nitrogens with zero attached hydrogens (tertiary/aromatic N) is 3. The van der Waals surface area contributed by atoms with Crippen molar-refractivity contribution in [2.45, 2.75) is 0 Å². The van der Waals surface area contributed by atoms with Gasteiger partial charge in [-0.1, -0.05) is 0 Å². The topological polar surface area (TPSA) is 99.1 Å². The van der Waals surface area contributed by atoms with E-state index in [2.05, 4.69) is 9.80 Å². The summed E-state index contributed by atoms with van der Waals surface area (Å²) in [6, 6.07) is 0. The summed E-state index contributed by atoms with van der Waals surface area (Å²) in [5.74, 6) is -0.769. The van der Waals surface area contributed by atoms with Crippen molar-refractivity contribution in [3.8, 4) is 0 Å². The Kier molecular flexibility index (Phi) is 7.92. The van der Waals surface area contributed by atoms with E-state index in [0.717, 1.165) is 52.4 Å². The van der Waals surface area contributed by atoms with Gasteiger partial charge in [-0.3, -0.25) is 19.5 Å². The van der Waals surface area contributed by atoms with E-state index >= 15 is 0 Å². The molecule has 7 nitrogen and oxygen atoms in total. The van der Waals surface area contributed by atoms with Gasteiger partial charge in [-0.05, 0) is 0 Å². The normalized spacial score (nSPS) is 20.7. The SMILES string of the molecule is NCCN1CCN(CCN)CCN(CC(=O)O)CC1. The van der Waals surface area contributed by atoms with Gasteiger partial charge in [0.2, 0.25) is 0 Å². The van der Waals surface area contributed by atoms with Crippen molar-refractivity contribution in [1.29, 1.82) is 0 Å². The van der Waals surface area contributed by atoms with Crippen LogP contribution in [0.2, 0.25) is 0 Å². The fourth-order valence-corrected chi connectivity index (χ4v) is 2.35. The molecule has 0 aliphatic carbocycles. The highest BCUT2D eigenvalue weighted by atomic mass is 16.4. The van der Waals surface area contributed by atoms with Crippen LogP contribution in [0.5, 0.6) is 0 Å². The molecule has 112 valence electrons. The van der Waals surface area contributed by atoms with Gasteiger partial charge in [0, 0.05) is 65.4 Å². The summed E-state index contributed by atoms with van der Waals surface area (Å²) in [6.07, 6.45) is 0. The summed E-state index contributed by atoms with van der Waals surface area (Å²) in [4.78, 5) is 17.4. The van der Waals surface area contributed by atoms with Gasteiger partial charge < -0.3 is 16.6 Å². The molecule has 7 heteroatoms. The summed E-state index contributed by atoms with van der Waals surface area (Å²) in [6.45, 7) is 8.34. The Balaban J connectivity index is 2.56. The maximum atomic E-state index is 10.9. The van der Waals surface area contributed by atoms with E-state index < -0.39 is 5.97 Å². The van der Waals surface area contributed by atoms with Crippen molar-refractivity contribution in [3.05, 3.63) is 0 Å². The molecule has 0 aromatic rings. The summed E-state index contributed by atoms with van der Waals surface area (Å²) >= 11 is 0. The molecule has 19 heavy (non-hydrogen) atoms. The van der Waals surface area contributed by atoms with Crippen molar-refractivity contribution in [1.82, 2.24) is 14.7 Å². The second-order valence-electron chi connectivity index (χ2n) is 4.93. The Morgan fingerprint density at radius 1 is 0.842 bits per heavy atom. The van der Waals surface area contributed by atoms with Gasteiger partial charge in [0.25, 0.3) is 0 Å². The standard InChI is InChI=1S/C12H27N5O2/c13-1-3-15-5-6-16(4-2-14)8-10-17(9-7-15)11-12(18)19/h1-11,13-14H2,(H,18,19). The lowest BCUT2D eigenvalue weighted by atomic mass is 10.4. The van der Waals surface area contributed by atoms with Gasteiger partial charge >= 0.3 is 5.97 Å². The quantitative estimate of drug-likeness (QED) is 0.510. The maximum absolute atomic E-state index is 10.9. The lowest BCUT2D eigenvalue weighted by Gasteiger charge is -2.24. The molecule has 0 saturated carbocycles. The van der Waals surface area contributed by atoms with Crippen LogP contribution in [0.1, 0.15) is 0 Å². The average Bonchev–Trinajstić information content (AvgIpc) is 2.44. The van der Waals surface area contributed by atoms with E-state index in [0.29, 0.717) is 13.1 Å². The summed E-state index contributed by atoms with van der Waals surface area (Å²) in [7, 11) is 0. The molecule has 0 unspecified atom stereocenters. The second-order valence-corrected chi connectivity index (χ2v) is 4.93. The van der Waals surface area contributed by atoms with E-state index in [1.165, 1.54) is 0 Å². The van der Waals surface area contributed by atoms with E-state index in [-0.39, 0.29) is 6.54 Å². The first-order valence-electron chi connectivity index (χ1n) is 6.94. The lowest BCUT2D eigenvalue weighted by molar-refractivity contribution is -0.138. The molecule has 0 aromatic carbocycles. The number of hydrogen-bond acceptors (Lipinski definition) is 6. The van der Waals surface area contributed by atoms with Crippen LogP contribution in [0, 0.1) is 0 Å².